The van der Waals surface area contributed by atoms with Gasteiger partial charge in [-0.2, -0.15) is 5.26 Å². The summed E-state index contributed by atoms with van der Waals surface area (Å²) < 4.78 is 19.5. The smallest absolute Gasteiger partial charge is 0.308 e. The summed E-state index contributed by atoms with van der Waals surface area (Å²) in [4.78, 5) is 41.4. The van der Waals surface area contributed by atoms with E-state index in [1.165, 1.54) is 24.1 Å². The van der Waals surface area contributed by atoms with Crippen LogP contribution in [0.4, 0.5) is 10.1 Å². The second kappa shape index (κ2) is 8.24. The van der Waals surface area contributed by atoms with Crippen LogP contribution in [0.5, 0.6) is 0 Å². The normalized spacial score (nSPS) is 22.5. The van der Waals surface area contributed by atoms with Crippen molar-refractivity contribution >= 4 is 35.1 Å². The van der Waals surface area contributed by atoms with Gasteiger partial charge < -0.3 is 9.64 Å². The largest absolute Gasteiger partial charge is 0.469 e. The fourth-order valence-electron chi connectivity index (χ4n) is 4.38. The molecule has 7 nitrogen and oxygen atoms in total. The number of rotatable bonds is 4. The summed E-state index contributed by atoms with van der Waals surface area (Å²) in [6, 6.07) is 12.5. The van der Waals surface area contributed by atoms with Gasteiger partial charge in [-0.05, 0) is 48.7 Å². The number of carbonyl (C=O) groups is 3. The Hall–Kier alpha value is -3.44. The summed E-state index contributed by atoms with van der Waals surface area (Å²) in [7, 11) is 1.27. The van der Waals surface area contributed by atoms with Crippen LogP contribution in [0, 0.1) is 23.1 Å². The first-order valence-electron chi connectivity index (χ1n) is 9.93. The summed E-state index contributed by atoms with van der Waals surface area (Å²) in [5.74, 6) is -2.59. The lowest BCUT2D eigenvalue weighted by atomic mass is 9.65. The molecule has 2 amide bonds. The molecule has 0 atom stereocenters. The van der Waals surface area contributed by atoms with E-state index in [2.05, 4.69) is 0 Å². The predicted molar refractivity (Wildman–Crippen MR) is 113 cm³/mol. The van der Waals surface area contributed by atoms with E-state index in [-0.39, 0.29) is 43.1 Å². The fourth-order valence-corrected chi connectivity index (χ4v) is 4.51. The van der Waals surface area contributed by atoms with E-state index in [9.17, 15) is 18.8 Å². The van der Waals surface area contributed by atoms with Crippen LogP contribution >= 0.6 is 11.6 Å². The molecule has 32 heavy (non-hydrogen) atoms. The highest BCUT2D eigenvalue weighted by molar-refractivity contribution is 6.30. The van der Waals surface area contributed by atoms with Crippen molar-refractivity contribution in [3.8, 4) is 6.07 Å². The standard InChI is InChI=1S/C23H19ClFN3O4/c1-32-21(30)16-9-23(10-16)22(31)27(19-7-4-15(11-26)8-18(19)25)13-20(29)28(23)12-14-2-5-17(24)6-3-14/h2-8,16H,9-10,12-13H2,1H3/t16-,23-. The van der Waals surface area contributed by atoms with Gasteiger partial charge in [-0.3, -0.25) is 19.3 Å². The molecule has 2 aliphatic rings. The number of nitrogens with zero attached hydrogens (tertiary/aromatic N) is 3. The van der Waals surface area contributed by atoms with E-state index in [0.29, 0.717) is 5.02 Å². The molecule has 1 aliphatic heterocycles. The Balaban J connectivity index is 1.70. The van der Waals surface area contributed by atoms with Gasteiger partial charge in [0.25, 0.3) is 5.91 Å². The van der Waals surface area contributed by atoms with Gasteiger partial charge in [-0.1, -0.05) is 23.7 Å². The highest BCUT2D eigenvalue weighted by atomic mass is 35.5. The van der Waals surface area contributed by atoms with Crippen molar-refractivity contribution in [2.24, 2.45) is 5.92 Å². The van der Waals surface area contributed by atoms with Crippen LogP contribution in [-0.2, 0) is 25.7 Å². The molecule has 2 aromatic rings. The zero-order valence-corrected chi connectivity index (χ0v) is 17.9. The highest BCUT2D eigenvalue weighted by Crippen LogP contribution is 2.48. The van der Waals surface area contributed by atoms with E-state index >= 15 is 0 Å². The number of piperazine rings is 1. The number of hydrogen-bond donors (Lipinski definition) is 0. The van der Waals surface area contributed by atoms with Crippen molar-refractivity contribution in [3.05, 3.63) is 64.4 Å². The zero-order valence-electron chi connectivity index (χ0n) is 17.2. The number of ether oxygens (including phenoxy) is 1. The molecular formula is C23H19ClFN3O4. The van der Waals surface area contributed by atoms with Crippen LogP contribution in [0.1, 0.15) is 24.0 Å². The average Bonchev–Trinajstić information content (AvgIpc) is 2.76. The third-order valence-electron chi connectivity index (χ3n) is 6.08. The van der Waals surface area contributed by atoms with Crippen molar-refractivity contribution < 1.29 is 23.5 Å². The quantitative estimate of drug-likeness (QED) is 0.661. The molecule has 1 saturated heterocycles. The maximum absolute atomic E-state index is 14.7. The summed E-state index contributed by atoms with van der Waals surface area (Å²) in [5.41, 5.74) is -0.479. The Morgan fingerprint density at radius 2 is 1.94 bits per heavy atom. The predicted octanol–water partition coefficient (Wildman–Crippen LogP) is 3.05. The van der Waals surface area contributed by atoms with E-state index in [1.54, 1.807) is 24.3 Å². The van der Waals surface area contributed by atoms with Crippen molar-refractivity contribution in [2.75, 3.05) is 18.6 Å². The third-order valence-corrected chi connectivity index (χ3v) is 6.33. The molecule has 164 valence electrons. The monoisotopic (exact) mass is 455 g/mol. The lowest BCUT2D eigenvalue weighted by Crippen LogP contribution is -2.73. The minimum Gasteiger partial charge on any atom is -0.469 e. The topological polar surface area (TPSA) is 90.7 Å². The Kier molecular flexibility index (Phi) is 5.61. The number of nitriles is 1. The number of amides is 2. The number of benzene rings is 2. The van der Waals surface area contributed by atoms with Gasteiger partial charge in [0.15, 0.2) is 0 Å². The molecule has 0 aromatic heterocycles. The van der Waals surface area contributed by atoms with Crippen LogP contribution < -0.4 is 4.90 Å². The fraction of sp³-hybridized carbons (Fsp3) is 0.304. The minimum atomic E-state index is -1.28. The van der Waals surface area contributed by atoms with E-state index in [0.717, 1.165) is 16.5 Å². The number of hydrogen-bond acceptors (Lipinski definition) is 5. The van der Waals surface area contributed by atoms with E-state index in [1.807, 2.05) is 6.07 Å². The first-order chi connectivity index (χ1) is 15.3. The van der Waals surface area contributed by atoms with Crippen LogP contribution in [0.3, 0.4) is 0 Å². The zero-order chi connectivity index (χ0) is 23.0. The number of esters is 1. The van der Waals surface area contributed by atoms with Gasteiger partial charge in [-0.25, -0.2) is 4.39 Å². The second-order valence-corrected chi connectivity index (χ2v) is 8.37. The summed E-state index contributed by atoms with van der Waals surface area (Å²) in [6.07, 6.45) is 0.179. The van der Waals surface area contributed by atoms with E-state index < -0.39 is 29.2 Å². The van der Waals surface area contributed by atoms with Crippen molar-refractivity contribution in [1.82, 2.24) is 4.90 Å². The molecule has 0 unspecified atom stereocenters. The number of anilines is 1. The Morgan fingerprint density at radius 3 is 2.53 bits per heavy atom. The first kappa shape index (κ1) is 21.8. The summed E-state index contributed by atoms with van der Waals surface area (Å²) >= 11 is 5.95. The van der Waals surface area contributed by atoms with Gasteiger partial charge in [0, 0.05) is 11.6 Å². The van der Waals surface area contributed by atoms with Gasteiger partial charge >= 0.3 is 5.97 Å². The molecule has 1 saturated carbocycles. The lowest BCUT2D eigenvalue weighted by Gasteiger charge is -2.56. The maximum atomic E-state index is 14.7. The SMILES string of the molecule is COC(=O)[C@H]1C[C@]2(C1)C(=O)N(c1ccc(C#N)cc1F)CC(=O)N2Cc1ccc(Cl)cc1. The molecule has 1 heterocycles. The molecular weight excluding hydrogens is 437 g/mol. The van der Waals surface area contributed by atoms with Gasteiger partial charge in [0.2, 0.25) is 5.91 Å². The molecule has 1 aliphatic carbocycles. The van der Waals surface area contributed by atoms with Gasteiger partial charge in [0.1, 0.15) is 17.9 Å². The van der Waals surface area contributed by atoms with Gasteiger partial charge in [0.05, 0.1) is 30.3 Å². The van der Waals surface area contributed by atoms with Gasteiger partial charge in [-0.15, -0.1) is 0 Å². The molecule has 0 N–H and O–H groups in total. The van der Waals surface area contributed by atoms with Crippen LogP contribution in [0.2, 0.25) is 5.02 Å². The first-order valence-corrected chi connectivity index (χ1v) is 10.3. The minimum absolute atomic E-state index is 0.0746. The number of halogens is 2. The lowest BCUT2D eigenvalue weighted by molar-refractivity contribution is -0.171. The van der Waals surface area contributed by atoms with Crippen molar-refractivity contribution in [3.63, 3.8) is 0 Å². The molecule has 1 spiro atoms. The third kappa shape index (κ3) is 3.59. The van der Waals surface area contributed by atoms with Crippen LogP contribution in [0.15, 0.2) is 42.5 Å². The van der Waals surface area contributed by atoms with Crippen molar-refractivity contribution in [2.45, 2.75) is 24.9 Å². The molecule has 2 aromatic carbocycles. The summed E-state index contributed by atoms with van der Waals surface area (Å²) in [5, 5.41) is 9.52. The Labute approximate surface area is 188 Å². The van der Waals surface area contributed by atoms with E-state index in [4.69, 9.17) is 21.6 Å². The molecule has 9 heteroatoms. The molecule has 4 rings (SSSR count). The molecule has 0 radical (unpaired) electrons. The number of methoxy groups -OCH3 is 1. The van der Waals surface area contributed by atoms with Crippen LogP contribution in [-0.4, -0.2) is 41.9 Å². The highest BCUT2D eigenvalue weighted by Gasteiger charge is 2.62. The molecule has 0 bridgehead atoms. The second-order valence-electron chi connectivity index (χ2n) is 7.94. The van der Waals surface area contributed by atoms with Crippen LogP contribution in [0.25, 0.3) is 0 Å². The Morgan fingerprint density at radius 1 is 1.25 bits per heavy atom. The number of carbonyl (C=O) groups excluding carboxylic acids is 3. The average molecular weight is 456 g/mol. The Bertz CT molecular complexity index is 1140. The maximum Gasteiger partial charge on any atom is 0.308 e. The summed E-state index contributed by atoms with van der Waals surface area (Å²) in [6.45, 7) is -0.195. The molecule has 2 fully saturated rings. The van der Waals surface area contributed by atoms with Crippen molar-refractivity contribution in [1.29, 1.82) is 5.26 Å².